The van der Waals surface area contributed by atoms with Crippen molar-refractivity contribution < 1.29 is 34.1 Å². The van der Waals surface area contributed by atoms with Crippen molar-refractivity contribution in [3.63, 3.8) is 0 Å². The summed E-state index contributed by atoms with van der Waals surface area (Å²) < 4.78 is 4.67. The number of ketones is 1. The van der Waals surface area contributed by atoms with Crippen LogP contribution in [0.25, 0.3) is 5.53 Å². The molecule has 19 heavy (non-hydrogen) atoms. The van der Waals surface area contributed by atoms with Crippen LogP contribution in [0.3, 0.4) is 0 Å². The van der Waals surface area contributed by atoms with Crippen molar-refractivity contribution >= 4 is 23.9 Å². The number of aliphatic carboxylic acids is 1. The fourth-order valence-electron chi connectivity index (χ4n) is 1.39. The summed E-state index contributed by atoms with van der Waals surface area (Å²) in [6, 6.07) is -1.31. The third-order valence-electron chi connectivity index (χ3n) is 2.59. The van der Waals surface area contributed by atoms with E-state index < -0.39 is 29.3 Å². The van der Waals surface area contributed by atoms with Crippen LogP contribution in [0.2, 0.25) is 0 Å². The summed E-state index contributed by atoms with van der Waals surface area (Å²) in [5, 5.41) is 20.6. The monoisotopic (exact) mass is 271 g/mol. The number of nitrogens with one attached hydrogen (secondary N) is 1. The molecule has 0 aromatic carbocycles. The molecular weight excluding hydrogens is 258 g/mol. The summed E-state index contributed by atoms with van der Waals surface area (Å²) in [6.07, 6.45) is 0.257. The van der Waals surface area contributed by atoms with E-state index >= 15 is 0 Å². The number of amides is 1. The highest BCUT2D eigenvalue weighted by Gasteiger charge is 2.45. The molecule has 104 valence electrons. The van der Waals surface area contributed by atoms with Crippen molar-refractivity contribution in [1.82, 2.24) is 5.32 Å². The SMILES string of the molecule is [N-]=[N+]=CC(=O)CCC(NC(=O)C1(O)COC1)C(=O)O. The van der Waals surface area contributed by atoms with Crippen molar-refractivity contribution in [2.75, 3.05) is 13.2 Å². The average Bonchev–Trinajstić information content (AvgIpc) is 2.31. The quantitative estimate of drug-likeness (QED) is 0.276. The van der Waals surface area contributed by atoms with Crippen molar-refractivity contribution in [2.45, 2.75) is 24.5 Å². The number of aliphatic hydroxyl groups is 1. The van der Waals surface area contributed by atoms with Gasteiger partial charge in [-0.3, -0.25) is 9.59 Å². The fourth-order valence-corrected chi connectivity index (χ4v) is 1.39. The molecule has 3 N–H and O–H groups in total. The van der Waals surface area contributed by atoms with E-state index in [9.17, 15) is 19.5 Å². The Kier molecular flexibility index (Phi) is 4.87. The van der Waals surface area contributed by atoms with Gasteiger partial charge in [-0.15, -0.1) is 0 Å². The van der Waals surface area contributed by atoms with Gasteiger partial charge in [-0.25, -0.2) is 4.79 Å². The maximum Gasteiger partial charge on any atom is 0.326 e. The van der Waals surface area contributed by atoms with E-state index in [4.69, 9.17) is 10.6 Å². The van der Waals surface area contributed by atoms with Crippen LogP contribution in [0.5, 0.6) is 0 Å². The van der Waals surface area contributed by atoms with Crippen molar-refractivity contribution in [2.24, 2.45) is 0 Å². The summed E-state index contributed by atoms with van der Waals surface area (Å²) in [7, 11) is 0. The Morgan fingerprint density at radius 1 is 1.47 bits per heavy atom. The Balaban J connectivity index is 2.53. The fraction of sp³-hybridized carbons (Fsp3) is 0.600. The third kappa shape index (κ3) is 3.95. The highest BCUT2D eigenvalue weighted by molar-refractivity contribution is 6.25. The largest absolute Gasteiger partial charge is 0.480 e. The zero-order valence-electron chi connectivity index (χ0n) is 9.90. The number of carbonyl (C=O) groups is 3. The number of hydrogen-bond donors (Lipinski definition) is 3. The molecule has 1 aliphatic heterocycles. The number of carboxylic acid groups (broad SMARTS) is 1. The van der Waals surface area contributed by atoms with Gasteiger partial charge >= 0.3 is 12.2 Å². The second-order valence-electron chi connectivity index (χ2n) is 4.14. The number of ether oxygens (including phenoxy) is 1. The zero-order valence-corrected chi connectivity index (χ0v) is 9.90. The lowest BCUT2D eigenvalue weighted by molar-refractivity contribution is -0.192. The van der Waals surface area contributed by atoms with Gasteiger partial charge in [0.05, 0.1) is 13.2 Å². The van der Waals surface area contributed by atoms with E-state index in [0.717, 1.165) is 0 Å². The van der Waals surface area contributed by atoms with Gasteiger partial charge in [-0.1, -0.05) is 0 Å². The molecule has 1 heterocycles. The van der Waals surface area contributed by atoms with Crippen LogP contribution in [-0.2, 0) is 19.1 Å². The van der Waals surface area contributed by atoms with Gasteiger partial charge in [0.2, 0.25) is 5.78 Å². The Morgan fingerprint density at radius 3 is 2.53 bits per heavy atom. The van der Waals surface area contributed by atoms with E-state index in [-0.39, 0.29) is 26.1 Å². The molecule has 1 fully saturated rings. The molecule has 0 aromatic heterocycles. The lowest BCUT2D eigenvalue weighted by Gasteiger charge is -2.35. The maximum absolute atomic E-state index is 11.6. The lowest BCUT2D eigenvalue weighted by atomic mass is 10.00. The first-order valence-corrected chi connectivity index (χ1v) is 5.43. The molecule has 0 radical (unpaired) electrons. The van der Waals surface area contributed by atoms with E-state index in [1.807, 2.05) is 0 Å². The minimum atomic E-state index is -1.70. The molecule has 0 aliphatic carbocycles. The first kappa shape index (κ1) is 15.0. The van der Waals surface area contributed by atoms with Gasteiger partial charge in [0.15, 0.2) is 5.60 Å². The standard InChI is InChI=1S/C10H13N3O6/c11-12-3-6(14)1-2-7(8(15)16)13-9(17)10(18)4-19-5-10/h3,7,18H,1-2,4-5H2,(H,13,17)(H,15,16). The Morgan fingerprint density at radius 2 is 2.11 bits per heavy atom. The number of rotatable bonds is 7. The molecule has 1 aliphatic rings. The number of hydrogen-bond acceptors (Lipinski definition) is 5. The Labute approximate surface area is 107 Å². The number of carbonyl (C=O) groups excluding carboxylic acids is 2. The van der Waals surface area contributed by atoms with Gasteiger partial charge < -0.3 is 25.8 Å². The second-order valence-corrected chi connectivity index (χ2v) is 4.14. The molecule has 1 saturated heterocycles. The highest BCUT2D eigenvalue weighted by Crippen LogP contribution is 2.16. The molecule has 1 atom stereocenters. The van der Waals surface area contributed by atoms with Crippen molar-refractivity contribution in [3.05, 3.63) is 5.53 Å². The first-order chi connectivity index (χ1) is 8.89. The zero-order chi connectivity index (χ0) is 14.5. The molecular formula is C10H13N3O6. The molecule has 9 heteroatoms. The molecule has 0 aromatic rings. The van der Waals surface area contributed by atoms with E-state index in [1.165, 1.54) is 0 Å². The predicted molar refractivity (Wildman–Crippen MR) is 59.3 cm³/mol. The molecule has 0 saturated carbocycles. The minimum Gasteiger partial charge on any atom is -0.480 e. The number of carboxylic acids is 1. The third-order valence-corrected chi connectivity index (χ3v) is 2.59. The predicted octanol–water partition coefficient (Wildman–Crippen LogP) is -2.03. The van der Waals surface area contributed by atoms with Gasteiger partial charge in [-0.2, -0.15) is 4.79 Å². The summed E-state index contributed by atoms with van der Waals surface area (Å²) in [4.78, 5) is 36.0. The molecule has 1 rings (SSSR count). The van der Waals surface area contributed by atoms with E-state index in [0.29, 0.717) is 6.21 Å². The number of nitrogens with zero attached hydrogens (tertiary/aromatic N) is 2. The summed E-state index contributed by atoms with van der Waals surface area (Å²) in [5.74, 6) is -2.76. The van der Waals surface area contributed by atoms with Crippen molar-refractivity contribution in [3.8, 4) is 0 Å². The molecule has 0 bridgehead atoms. The normalized spacial score (nSPS) is 17.5. The van der Waals surface area contributed by atoms with Crippen molar-refractivity contribution in [1.29, 1.82) is 0 Å². The van der Waals surface area contributed by atoms with Crippen LogP contribution < -0.4 is 5.32 Å². The number of Topliss-reactive ketones (excluding diaryl/α,β-unsaturated/α-hetero) is 1. The van der Waals surface area contributed by atoms with E-state index in [2.05, 4.69) is 14.8 Å². The smallest absolute Gasteiger partial charge is 0.326 e. The summed E-state index contributed by atoms with van der Waals surface area (Å²) in [5.41, 5.74) is 6.41. The Bertz CT molecular complexity index is 439. The minimum absolute atomic E-state index is 0.178. The van der Waals surface area contributed by atoms with Crippen LogP contribution in [0.1, 0.15) is 12.8 Å². The van der Waals surface area contributed by atoms with Gasteiger partial charge in [-0.05, 0) is 6.42 Å². The first-order valence-electron chi connectivity index (χ1n) is 5.43. The Hall–Kier alpha value is -2.09. The molecule has 1 amide bonds. The average molecular weight is 271 g/mol. The van der Waals surface area contributed by atoms with Crippen LogP contribution >= 0.6 is 0 Å². The van der Waals surface area contributed by atoms with E-state index in [1.54, 1.807) is 0 Å². The highest BCUT2D eigenvalue weighted by atomic mass is 16.5. The van der Waals surface area contributed by atoms with Crippen LogP contribution in [0.4, 0.5) is 0 Å². The van der Waals surface area contributed by atoms with Crippen LogP contribution in [-0.4, -0.2) is 63.7 Å². The van der Waals surface area contributed by atoms with Gasteiger partial charge in [0.1, 0.15) is 6.04 Å². The second kappa shape index (κ2) is 6.19. The van der Waals surface area contributed by atoms with Gasteiger partial charge in [0.25, 0.3) is 5.91 Å². The molecule has 9 nitrogen and oxygen atoms in total. The van der Waals surface area contributed by atoms with Crippen LogP contribution in [0.15, 0.2) is 0 Å². The summed E-state index contributed by atoms with van der Waals surface area (Å²) >= 11 is 0. The lowest BCUT2D eigenvalue weighted by Crippen LogP contribution is -2.62. The molecule has 0 spiro atoms. The maximum atomic E-state index is 11.6. The summed E-state index contributed by atoms with van der Waals surface area (Å²) in [6.45, 7) is -0.386. The van der Waals surface area contributed by atoms with Gasteiger partial charge in [0, 0.05) is 6.42 Å². The topological polar surface area (TPSA) is 149 Å². The molecule has 1 unspecified atom stereocenters. The van der Waals surface area contributed by atoms with Crippen LogP contribution in [0, 0.1) is 0 Å².